The minimum atomic E-state index is -1.53. The van der Waals surface area contributed by atoms with Crippen LogP contribution in [0.25, 0.3) is 10.9 Å². The van der Waals surface area contributed by atoms with Gasteiger partial charge in [-0.2, -0.15) is 0 Å². The second-order valence-corrected chi connectivity index (χ2v) is 10.3. The molecule has 1 aromatic heterocycles. The summed E-state index contributed by atoms with van der Waals surface area (Å²) in [6.45, 7) is 0.778. The van der Waals surface area contributed by atoms with Crippen LogP contribution in [0.4, 0.5) is 27.6 Å². The fourth-order valence-electron chi connectivity index (χ4n) is 5.55. The second-order valence-electron chi connectivity index (χ2n) is 10.3. The highest BCUT2D eigenvalue weighted by atomic mass is 19.2. The first-order valence-corrected chi connectivity index (χ1v) is 13.1. The van der Waals surface area contributed by atoms with Crippen LogP contribution in [0.1, 0.15) is 49.4 Å². The summed E-state index contributed by atoms with van der Waals surface area (Å²) >= 11 is 0. The van der Waals surface area contributed by atoms with Gasteiger partial charge in [0.2, 0.25) is 0 Å². The first-order valence-electron chi connectivity index (χ1n) is 13.1. The van der Waals surface area contributed by atoms with Gasteiger partial charge in [-0.05, 0) is 62.4 Å². The number of halogens is 5. The predicted octanol–water partition coefficient (Wildman–Crippen LogP) is 6.59. The van der Waals surface area contributed by atoms with Crippen LogP contribution in [0, 0.1) is 22.9 Å². The van der Waals surface area contributed by atoms with Crippen molar-refractivity contribution >= 4 is 22.6 Å². The number of aliphatic carboxylic acids is 1. The number of carboxylic acid groups (broad SMARTS) is 1. The number of nitrogens with one attached hydrogen (secondary N) is 1. The number of carboxylic acids is 1. The maximum Gasteiger partial charge on any atom is 0.303 e. The molecule has 1 fully saturated rings. The second kappa shape index (κ2) is 12.8. The van der Waals surface area contributed by atoms with Crippen LogP contribution in [-0.2, 0) is 11.5 Å². The van der Waals surface area contributed by atoms with Crippen molar-refractivity contribution in [1.82, 2.24) is 9.88 Å². The van der Waals surface area contributed by atoms with E-state index in [1.807, 2.05) is 4.90 Å². The summed E-state index contributed by atoms with van der Waals surface area (Å²) in [5.41, 5.74) is -0.177. The van der Waals surface area contributed by atoms with Gasteiger partial charge in [0.15, 0.2) is 11.6 Å². The Balaban J connectivity index is 1.41. The maximum atomic E-state index is 15.8. The summed E-state index contributed by atoms with van der Waals surface area (Å²) in [6, 6.07) is 6.21. The quantitative estimate of drug-likeness (QED) is 0.242. The molecule has 1 saturated heterocycles. The van der Waals surface area contributed by atoms with E-state index in [1.54, 1.807) is 18.2 Å². The van der Waals surface area contributed by atoms with Crippen LogP contribution in [-0.4, -0.2) is 54.2 Å². The van der Waals surface area contributed by atoms with Crippen molar-refractivity contribution in [1.29, 1.82) is 0 Å². The third kappa shape index (κ3) is 6.80. The van der Waals surface area contributed by atoms with Gasteiger partial charge in [-0.3, -0.25) is 9.78 Å². The van der Waals surface area contributed by atoms with Gasteiger partial charge in [0.05, 0.1) is 19.0 Å². The lowest BCUT2D eigenvalue weighted by Crippen LogP contribution is -2.43. The molecule has 1 aliphatic heterocycles. The highest BCUT2D eigenvalue weighted by Gasteiger charge is 2.37. The van der Waals surface area contributed by atoms with Gasteiger partial charge in [0.1, 0.15) is 30.1 Å². The zero-order valence-electron chi connectivity index (χ0n) is 22.2. The number of rotatable bonds is 12. The average Bonchev–Trinajstić information content (AvgIpc) is 2.92. The molecule has 0 unspecified atom stereocenters. The Kier molecular flexibility index (Phi) is 9.44. The SMILES string of the molecule is COc1ccc2ncc(CF)c([C@H](F)CCC3(CC(=O)O)CCN(CCNc4c(F)cc(F)cc4F)CC3)c2c1. The van der Waals surface area contributed by atoms with Crippen LogP contribution in [0.15, 0.2) is 36.5 Å². The Bertz CT molecular complexity index is 1320. The Morgan fingerprint density at radius 3 is 2.50 bits per heavy atom. The van der Waals surface area contributed by atoms with E-state index >= 15 is 4.39 Å². The highest BCUT2D eigenvalue weighted by molar-refractivity contribution is 5.85. The van der Waals surface area contributed by atoms with Crippen LogP contribution >= 0.6 is 0 Å². The number of ether oxygens (including phenoxy) is 1. The summed E-state index contributed by atoms with van der Waals surface area (Å²) in [6.07, 6.45) is 0.966. The number of carbonyl (C=O) groups is 1. The fraction of sp³-hybridized carbons (Fsp3) is 0.448. The minimum absolute atomic E-state index is 0.0152. The smallest absolute Gasteiger partial charge is 0.303 e. The number of hydrogen-bond acceptors (Lipinski definition) is 5. The van der Waals surface area contributed by atoms with Gasteiger partial charge in [0.25, 0.3) is 0 Å². The molecule has 0 saturated carbocycles. The summed E-state index contributed by atoms with van der Waals surface area (Å²) in [7, 11) is 1.48. The van der Waals surface area contributed by atoms with Gasteiger partial charge in [0, 0.05) is 47.9 Å². The van der Waals surface area contributed by atoms with E-state index in [9.17, 15) is 27.5 Å². The number of benzene rings is 2. The number of aromatic nitrogens is 1. The number of anilines is 1. The molecule has 216 valence electrons. The molecule has 0 bridgehead atoms. The van der Waals surface area contributed by atoms with Crippen LogP contribution in [0.2, 0.25) is 0 Å². The normalized spacial score (nSPS) is 16.1. The van der Waals surface area contributed by atoms with Crippen molar-refractivity contribution in [3.05, 3.63) is 65.1 Å². The summed E-state index contributed by atoms with van der Waals surface area (Å²) in [5.74, 6) is -3.52. The zero-order chi connectivity index (χ0) is 28.9. The van der Waals surface area contributed by atoms with Crippen LogP contribution < -0.4 is 10.1 Å². The van der Waals surface area contributed by atoms with E-state index in [-0.39, 0.29) is 36.9 Å². The summed E-state index contributed by atoms with van der Waals surface area (Å²) in [5, 5.41) is 12.7. The largest absolute Gasteiger partial charge is 0.497 e. The molecule has 1 aliphatic rings. The summed E-state index contributed by atoms with van der Waals surface area (Å²) in [4.78, 5) is 18.0. The molecule has 1 atom stereocenters. The zero-order valence-corrected chi connectivity index (χ0v) is 22.2. The predicted molar refractivity (Wildman–Crippen MR) is 141 cm³/mol. The molecule has 0 amide bonds. The van der Waals surface area contributed by atoms with Crippen molar-refractivity contribution in [3.8, 4) is 5.75 Å². The molecule has 0 radical (unpaired) electrons. The number of pyridine rings is 1. The van der Waals surface area contributed by atoms with Crippen molar-refractivity contribution in [2.45, 2.75) is 45.0 Å². The van der Waals surface area contributed by atoms with E-state index < -0.39 is 47.4 Å². The van der Waals surface area contributed by atoms with Gasteiger partial charge < -0.3 is 20.1 Å². The molecule has 4 rings (SSSR count). The molecule has 2 aromatic carbocycles. The molecule has 0 spiro atoms. The number of fused-ring (bicyclic) bond motifs is 1. The molecule has 40 heavy (non-hydrogen) atoms. The standard InChI is InChI=1S/C29H32F5N3O3/c1-40-20-2-3-25-21(14-20)27(18(16-30)17-36-25)22(32)4-5-29(15-26(38)39)6-9-37(10-7-29)11-8-35-28-23(33)12-19(31)13-24(28)34/h2-3,12-14,17,22,35H,4-11,15-16H2,1H3,(H,38,39)/t22-/m1/s1. The average molecular weight is 566 g/mol. The highest BCUT2D eigenvalue weighted by Crippen LogP contribution is 2.43. The van der Waals surface area contributed by atoms with E-state index in [1.165, 1.54) is 13.3 Å². The minimum Gasteiger partial charge on any atom is -0.497 e. The Morgan fingerprint density at radius 1 is 1.18 bits per heavy atom. The van der Waals surface area contributed by atoms with Crippen molar-refractivity contribution in [3.63, 3.8) is 0 Å². The maximum absolute atomic E-state index is 15.8. The third-order valence-electron chi connectivity index (χ3n) is 7.76. The lowest BCUT2D eigenvalue weighted by atomic mass is 9.71. The van der Waals surface area contributed by atoms with Crippen molar-refractivity contribution in [2.75, 3.05) is 38.6 Å². The Morgan fingerprint density at radius 2 is 1.88 bits per heavy atom. The van der Waals surface area contributed by atoms with Crippen molar-refractivity contribution in [2.24, 2.45) is 5.41 Å². The Labute approximate surface area is 229 Å². The van der Waals surface area contributed by atoms with Gasteiger partial charge in [-0.1, -0.05) is 0 Å². The van der Waals surface area contributed by atoms with Crippen LogP contribution in [0.3, 0.4) is 0 Å². The molecule has 11 heteroatoms. The molecule has 3 aromatic rings. The molecule has 2 N–H and O–H groups in total. The number of piperidine rings is 1. The molecule has 6 nitrogen and oxygen atoms in total. The van der Waals surface area contributed by atoms with E-state index in [0.29, 0.717) is 61.3 Å². The molecular formula is C29H32F5N3O3. The number of nitrogens with zero attached hydrogens (tertiary/aromatic N) is 2. The monoisotopic (exact) mass is 565 g/mol. The number of alkyl halides is 2. The lowest BCUT2D eigenvalue weighted by molar-refractivity contribution is -0.141. The number of hydrogen-bond donors (Lipinski definition) is 2. The van der Waals surface area contributed by atoms with E-state index in [0.717, 1.165) is 0 Å². The van der Waals surface area contributed by atoms with E-state index in [4.69, 9.17) is 4.74 Å². The van der Waals surface area contributed by atoms with Crippen molar-refractivity contribution < 1.29 is 36.6 Å². The summed E-state index contributed by atoms with van der Waals surface area (Å²) < 4.78 is 75.8. The molecular weight excluding hydrogens is 533 g/mol. The molecule has 2 heterocycles. The van der Waals surface area contributed by atoms with Gasteiger partial charge >= 0.3 is 5.97 Å². The van der Waals surface area contributed by atoms with Gasteiger partial charge in [-0.15, -0.1) is 0 Å². The lowest BCUT2D eigenvalue weighted by Gasteiger charge is -2.41. The van der Waals surface area contributed by atoms with E-state index in [2.05, 4.69) is 10.3 Å². The first-order chi connectivity index (χ1) is 19.1. The molecule has 0 aliphatic carbocycles. The fourth-order valence-corrected chi connectivity index (χ4v) is 5.55. The Hall–Kier alpha value is -3.47. The third-order valence-corrected chi connectivity index (χ3v) is 7.76. The first kappa shape index (κ1) is 29.5. The number of methoxy groups -OCH3 is 1. The topological polar surface area (TPSA) is 74.7 Å². The van der Waals surface area contributed by atoms with Gasteiger partial charge in [-0.25, -0.2) is 22.0 Å². The van der Waals surface area contributed by atoms with Crippen LogP contribution in [0.5, 0.6) is 5.75 Å². The number of likely N-dealkylation sites (tertiary alicyclic amines) is 1.